The third-order valence-electron chi connectivity index (χ3n) is 4.61. The average molecular weight is 419 g/mol. The van der Waals surface area contributed by atoms with Crippen LogP contribution in [0.4, 0.5) is 10.1 Å². The zero-order chi connectivity index (χ0) is 21.0. The number of nitrogens with one attached hydrogen (secondary N) is 2. The summed E-state index contributed by atoms with van der Waals surface area (Å²) < 4.78 is 40.6. The topological polar surface area (TPSA) is 95.6 Å². The van der Waals surface area contributed by atoms with Gasteiger partial charge < -0.3 is 10.2 Å². The first-order chi connectivity index (χ1) is 13.8. The van der Waals surface area contributed by atoms with Crippen molar-refractivity contribution < 1.29 is 22.4 Å². The quantitative estimate of drug-likeness (QED) is 0.752. The summed E-state index contributed by atoms with van der Waals surface area (Å²) in [4.78, 5) is 26.4. The van der Waals surface area contributed by atoms with E-state index in [1.165, 1.54) is 0 Å². The molecule has 1 fully saturated rings. The Balaban J connectivity index is 1.75. The standard InChI is InChI=1S/C20H22FN3O4S/c1-2-22-29(27,28)16-9-10-18(21)17(13-16)19(25)23-15-7-5-14(6-8-15)20(26)24-11-3-4-12-24/h5-10,13,22H,2-4,11-12H2,1H3,(H,23,25). The zero-order valence-electron chi connectivity index (χ0n) is 15.9. The molecule has 3 rings (SSSR count). The molecule has 2 aromatic rings. The molecule has 1 aliphatic rings. The number of hydrogen-bond acceptors (Lipinski definition) is 4. The van der Waals surface area contributed by atoms with E-state index in [0.717, 1.165) is 44.1 Å². The van der Waals surface area contributed by atoms with Gasteiger partial charge in [0.2, 0.25) is 10.0 Å². The van der Waals surface area contributed by atoms with Crippen LogP contribution in [0.3, 0.4) is 0 Å². The Morgan fingerprint density at radius 3 is 2.34 bits per heavy atom. The maximum atomic E-state index is 14.1. The van der Waals surface area contributed by atoms with Crippen molar-refractivity contribution in [1.82, 2.24) is 9.62 Å². The smallest absolute Gasteiger partial charge is 0.258 e. The first-order valence-electron chi connectivity index (χ1n) is 9.31. The molecule has 0 atom stereocenters. The van der Waals surface area contributed by atoms with Crippen LogP contribution in [0.5, 0.6) is 0 Å². The zero-order valence-corrected chi connectivity index (χ0v) is 16.8. The lowest BCUT2D eigenvalue weighted by Gasteiger charge is -2.15. The van der Waals surface area contributed by atoms with Gasteiger partial charge in [-0.1, -0.05) is 6.92 Å². The van der Waals surface area contributed by atoms with Crippen molar-refractivity contribution in [2.45, 2.75) is 24.7 Å². The molecule has 2 N–H and O–H groups in total. The van der Waals surface area contributed by atoms with E-state index in [9.17, 15) is 22.4 Å². The molecule has 0 saturated carbocycles. The predicted octanol–water partition coefficient (Wildman–Crippen LogP) is 2.61. The van der Waals surface area contributed by atoms with Crippen LogP contribution < -0.4 is 10.0 Å². The fourth-order valence-electron chi connectivity index (χ4n) is 3.12. The highest BCUT2D eigenvalue weighted by atomic mass is 32.2. The number of rotatable bonds is 6. The highest BCUT2D eigenvalue weighted by molar-refractivity contribution is 7.89. The number of carbonyl (C=O) groups excluding carboxylic acids is 2. The Morgan fingerprint density at radius 2 is 1.72 bits per heavy atom. The van der Waals surface area contributed by atoms with Gasteiger partial charge in [0.25, 0.3) is 11.8 Å². The van der Waals surface area contributed by atoms with E-state index in [2.05, 4.69) is 10.0 Å². The molecule has 0 aromatic heterocycles. The summed E-state index contributed by atoms with van der Waals surface area (Å²) in [7, 11) is -3.82. The van der Waals surface area contributed by atoms with Crippen LogP contribution >= 0.6 is 0 Å². The van der Waals surface area contributed by atoms with Gasteiger partial charge in [-0.15, -0.1) is 0 Å². The number of amides is 2. The molecule has 2 aromatic carbocycles. The van der Waals surface area contributed by atoms with Crippen LogP contribution in [0.2, 0.25) is 0 Å². The number of hydrogen-bond donors (Lipinski definition) is 2. The normalized spacial score (nSPS) is 14.1. The number of nitrogens with zero attached hydrogens (tertiary/aromatic N) is 1. The number of likely N-dealkylation sites (tertiary alicyclic amines) is 1. The van der Waals surface area contributed by atoms with Crippen molar-refractivity contribution in [2.24, 2.45) is 0 Å². The molecule has 0 bridgehead atoms. The molecule has 1 heterocycles. The fourth-order valence-corrected chi connectivity index (χ4v) is 4.18. The molecular formula is C20H22FN3O4S. The Kier molecular flexibility index (Phi) is 6.29. The second kappa shape index (κ2) is 8.71. The Bertz CT molecular complexity index is 1020. The molecule has 2 amide bonds. The molecule has 0 radical (unpaired) electrons. The number of anilines is 1. The Hall–Kier alpha value is -2.78. The second-order valence-corrected chi connectivity index (χ2v) is 8.44. The SMILES string of the molecule is CCNS(=O)(=O)c1ccc(F)c(C(=O)Nc2ccc(C(=O)N3CCCC3)cc2)c1. The third kappa shape index (κ3) is 4.80. The molecule has 7 nitrogen and oxygen atoms in total. The molecule has 0 unspecified atom stereocenters. The molecule has 154 valence electrons. The van der Waals surface area contributed by atoms with Gasteiger partial charge in [-0.05, 0) is 55.3 Å². The third-order valence-corrected chi connectivity index (χ3v) is 6.15. The molecule has 1 aliphatic heterocycles. The van der Waals surface area contributed by atoms with Gasteiger partial charge >= 0.3 is 0 Å². The van der Waals surface area contributed by atoms with E-state index in [0.29, 0.717) is 11.3 Å². The first-order valence-corrected chi connectivity index (χ1v) is 10.8. The Morgan fingerprint density at radius 1 is 1.07 bits per heavy atom. The van der Waals surface area contributed by atoms with Gasteiger partial charge in [0.1, 0.15) is 5.82 Å². The highest BCUT2D eigenvalue weighted by Gasteiger charge is 2.21. The van der Waals surface area contributed by atoms with E-state index in [1.54, 1.807) is 36.1 Å². The van der Waals surface area contributed by atoms with Gasteiger partial charge in [0.15, 0.2) is 0 Å². The van der Waals surface area contributed by atoms with Crippen LogP contribution in [0.1, 0.15) is 40.5 Å². The van der Waals surface area contributed by atoms with Gasteiger partial charge in [0, 0.05) is 30.9 Å². The predicted molar refractivity (Wildman–Crippen MR) is 107 cm³/mol. The lowest BCUT2D eigenvalue weighted by molar-refractivity contribution is 0.0792. The van der Waals surface area contributed by atoms with E-state index in [4.69, 9.17) is 0 Å². The first kappa shape index (κ1) is 20.9. The minimum atomic E-state index is -3.82. The maximum absolute atomic E-state index is 14.1. The van der Waals surface area contributed by atoms with Crippen molar-refractivity contribution in [3.8, 4) is 0 Å². The number of carbonyl (C=O) groups is 2. The van der Waals surface area contributed by atoms with Crippen LogP contribution in [0.15, 0.2) is 47.4 Å². The number of sulfonamides is 1. The summed E-state index contributed by atoms with van der Waals surface area (Å²) in [5.74, 6) is -1.68. The van der Waals surface area contributed by atoms with E-state index >= 15 is 0 Å². The van der Waals surface area contributed by atoms with Gasteiger partial charge in [-0.2, -0.15) is 0 Å². The molecule has 9 heteroatoms. The molecular weight excluding hydrogens is 397 g/mol. The fraction of sp³-hybridized carbons (Fsp3) is 0.300. The molecule has 1 saturated heterocycles. The largest absolute Gasteiger partial charge is 0.339 e. The minimum Gasteiger partial charge on any atom is -0.339 e. The molecule has 0 spiro atoms. The summed E-state index contributed by atoms with van der Waals surface area (Å²) in [6.07, 6.45) is 1.99. The molecule has 29 heavy (non-hydrogen) atoms. The summed E-state index contributed by atoms with van der Waals surface area (Å²) in [5.41, 5.74) is 0.489. The maximum Gasteiger partial charge on any atom is 0.258 e. The van der Waals surface area contributed by atoms with Crippen LogP contribution in [0, 0.1) is 5.82 Å². The summed E-state index contributed by atoms with van der Waals surface area (Å²) in [5, 5.41) is 2.53. The van der Waals surface area contributed by atoms with Crippen LogP contribution in [0.25, 0.3) is 0 Å². The summed E-state index contributed by atoms with van der Waals surface area (Å²) in [6.45, 7) is 3.27. The van der Waals surface area contributed by atoms with Crippen molar-refractivity contribution in [1.29, 1.82) is 0 Å². The van der Waals surface area contributed by atoms with Crippen molar-refractivity contribution in [3.05, 3.63) is 59.4 Å². The van der Waals surface area contributed by atoms with E-state index < -0.39 is 21.7 Å². The number of halogens is 1. The molecule has 0 aliphatic carbocycles. The van der Waals surface area contributed by atoms with E-state index in [1.807, 2.05) is 0 Å². The number of benzene rings is 2. The summed E-state index contributed by atoms with van der Waals surface area (Å²) >= 11 is 0. The monoisotopic (exact) mass is 419 g/mol. The average Bonchev–Trinajstić information content (AvgIpc) is 3.23. The lowest BCUT2D eigenvalue weighted by Crippen LogP contribution is -2.27. The summed E-state index contributed by atoms with van der Waals surface area (Å²) in [6, 6.07) is 9.34. The van der Waals surface area contributed by atoms with E-state index in [-0.39, 0.29) is 22.9 Å². The minimum absolute atomic E-state index is 0.0623. The van der Waals surface area contributed by atoms with Crippen LogP contribution in [-0.2, 0) is 10.0 Å². The van der Waals surface area contributed by atoms with Gasteiger partial charge in [-0.25, -0.2) is 17.5 Å². The Labute approximate surface area is 169 Å². The van der Waals surface area contributed by atoms with Crippen LogP contribution in [-0.4, -0.2) is 44.8 Å². The highest BCUT2D eigenvalue weighted by Crippen LogP contribution is 2.19. The van der Waals surface area contributed by atoms with Crippen molar-refractivity contribution >= 4 is 27.5 Å². The van der Waals surface area contributed by atoms with Crippen molar-refractivity contribution in [2.75, 3.05) is 25.0 Å². The van der Waals surface area contributed by atoms with Crippen molar-refractivity contribution in [3.63, 3.8) is 0 Å². The van der Waals surface area contributed by atoms with Gasteiger partial charge in [-0.3, -0.25) is 9.59 Å². The second-order valence-electron chi connectivity index (χ2n) is 6.67. The lowest BCUT2D eigenvalue weighted by atomic mass is 10.1. The van der Waals surface area contributed by atoms with Gasteiger partial charge in [0.05, 0.1) is 10.5 Å².